The number of non-ortho nitro benzene ring substituents is 1. The van der Waals surface area contributed by atoms with Crippen molar-refractivity contribution in [3.05, 3.63) is 33.9 Å². The third-order valence-corrected chi connectivity index (χ3v) is 2.35. The first-order valence-corrected chi connectivity index (χ1v) is 4.89. The van der Waals surface area contributed by atoms with Gasteiger partial charge in [-0.2, -0.15) is 0 Å². The fourth-order valence-electron chi connectivity index (χ4n) is 1.40. The predicted octanol–water partition coefficient (Wildman–Crippen LogP) is -0.0436. The Balaban J connectivity index is 3.18. The molecule has 1 aromatic rings. The summed E-state index contributed by atoms with van der Waals surface area (Å²) in [5.74, 6) is 0.260. The first kappa shape index (κ1) is 13.4. The summed E-state index contributed by atoms with van der Waals surface area (Å²) >= 11 is 0. The molecule has 94 valence electrons. The number of rotatable bonds is 5. The summed E-state index contributed by atoms with van der Waals surface area (Å²) in [4.78, 5) is 10.0. The number of ether oxygens (including phenoxy) is 1. The summed E-state index contributed by atoms with van der Waals surface area (Å²) in [6, 6.07) is 3.77. The van der Waals surface area contributed by atoms with Crippen LogP contribution in [0.15, 0.2) is 18.2 Å². The Morgan fingerprint density at radius 3 is 2.65 bits per heavy atom. The minimum Gasteiger partial charge on any atom is -0.496 e. The maximum atomic E-state index is 10.6. The first-order chi connectivity index (χ1) is 8.01. The van der Waals surface area contributed by atoms with Gasteiger partial charge in [-0.25, -0.2) is 0 Å². The highest BCUT2D eigenvalue weighted by molar-refractivity contribution is 5.45. The number of hydrogen-bond acceptors (Lipinski definition) is 6. The number of nitro groups is 1. The third-order valence-electron chi connectivity index (χ3n) is 2.35. The molecule has 17 heavy (non-hydrogen) atoms. The minimum absolute atomic E-state index is 0.139. The zero-order chi connectivity index (χ0) is 13.0. The van der Waals surface area contributed by atoms with Crippen molar-refractivity contribution in [1.29, 1.82) is 0 Å². The van der Waals surface area contributed by atoms with Gasteiger partial charge in [-0.1, -0.05) is 0 Å². The van der Waals surface area contributed by atoms with Crippen LogP contribution in [0.3, 0.4) is 0 Å². The lowest BCUT2D eigenvalue weighted by atomic mass is 10.0. The number of aliphatic hydroxyl groups is 2. The fourth-order valence-corrected chi connectivity index (χ4v) is 1.40. The predicted molar refractivity (Wildman–Crippen MR) is 59.7 cm³/mol. The first-order valence-electron chi connectivity index (χ1n) is 4.89. The lowest BCUT2D eigenvalue weighted by molar-refractivity contribution is -0.385. The number of benzene rings is 1. The number of nitro benzene ring substituents is 1. The molecule has 0 saturated heterocycles. The number of nitrogens with two attached hydrogens (primary N) is 1. The highest BCUT2D eigenvalue weighted by Gasteiger charge is 2.23. The van der Waals surface area contributed by atoms with Crippen molar-refractivity contribution < 1.29 is 19.9 Å². The van der Waals surface area contributed by atoms with Gasteiger partial charge in [0, 0.05) is 24.2 Å². The highest BCUT2D eigenvalue weighted by Crippen LogP contribution is 2.30. The molecule has 0 aliphatic rings. The SMILES string of the molecule is COc1ccc([N+](=O)[O-])cc1C(O)C(O)CN. The van der Waals surface area contributed by atoms with Crippen molar-refractivity contribution in [3.8, 4) is 5.75 Å². The average Bonchev–Trinajstić information content (AvgIpc) is 2.35. The molecule has 2 atom stereocenters. The molecule has 1 aromatic carbocycles. The second-order valence-corrected chi connectivity index (χ2v) is 3.43. The summed E-state index contributed by atoms with van der Waals surface area (Å²) in [5.41, 5.74) is 5.16. The van der Waals surface area contributed by atoms with Crippen molar-refractivity contribution in [2.75, 3.05) is 13.7 Å². The second-order valence-electron chi connectivity index (χ2n) is 3.43. The molecule has 0 fully saturated rings. The van der Waals surface area contributed by atoms with E-state index in [4.69, 9.17) is 10.5 Å². The molecule has 0 aliphatic heterocycles. The Kier molecular flexibility index (Phi) is 4.38. The molecule has 4 N–H and O–H groups in total. The highest BCUT2D eigenvalue weighted by atomic mass is 16.6. The van der Waals surface area contributed by atoms with Crippen LogP contribution >= 0.6 is 0 Å². The fraction of sp³-hybridized carbons (Fsp3) is 0.400. The lowest BCUT2D eigenvalue weighted by Gasteiger charge is -2.18. The number of methoxy groups -OCH3 is 1. The van der Waals surface area contributed by atoms with Crippen LogP contribution in [-0.2, 0) is 0 Å². The molecule has 0 saturated carbocycles. The van der Waals surface area contributed by atoms with E-state index in [2.05, 4.69) is 0 Å². The van der Waals surface area contributed by atoms with Gasteiger partial charge in [-0.3, -0.25) is 10.1 Å². The van der Waals surface area contributed by atoms with E-state index in [1.54, 1.807) is 0 Å². The smallest absolute Gasteiger partial charge is 0.270 e. The molecule has 0 radical (unpaired) electrons. The van der Waals surface area contributed by atoms with Crippen LogP contribution in [0.1, 0.15) is 11.7 Å². The van der Waals surface area contributed by atoms with Gasteiger partial charge in [0.1, 0.15) is 11.9 Å². The van der Waals surface area contributed by atoms with Crippen LogP contribution in [0, 0.1) is 10.1 Å². The van der Waals surface area contributed by atoms with Crippen molar-refractivity contribution in [1.82, 2.24) is 0 Å². The van der Waals surface area contributed by atoms with Crippen LogP contribution in [0.5, 0.6) is 5.75 Å². The Bertz CT molecular complexity index is 410. The van der Waals surface area contributed by atoms with Crippen molar-refractivity contribution in [3.63, 3.8) is 0 Å². The molecule has 7 heteroatoms. The van der Waals surface area contributed by atoms with E-state index in [0.717, 1.165) is 6.07 Å². The van der Waals surface area contributed by atoms with Crippen LogP contribution in [0.4, 0.5) is 5.69 Å². The number of nitrogens with zero attached hydrogens (tertiary/aromatic N) is 1. The van der Waals surface area contributed by atoms with Crippen LogP contribution < -0.4 is 10.5 Å². The summed E-state index contributed by atoms with van der Waals surface area (Å²) < 4.78 is 4.96. The van der Waals surface area contributed by atoms with Gasteiger partial charge >= 0.3 is 0 Å². The zero-order valence-corrected chi connectivity index (χ0v) is 9.24. The minimum atomic E-state index is -1.32. The lowest BCUT2D eigenvalue weighted by Crippen LogP contribution is -2.27. The normalized spacial score (nSPS) is 14.1. The summed E-state index contributed by atoms with van der Waals surface area (Å²) in [6.45, 7) is -0.160. The molecule has 2 unspecified atom stereocenters. The molecule has 1 rings (SSSR count). The molecule has 0 heterocycles. The quantitative estimate of drug-likeness (QED) is 0.492. The van der Waals surface area contributed by atoms with E-state index in [9.17, 15) is 20.3 Å². The van der Waals surface area contributed by atoms with E-state index in [0.29, 0.717) is 0 Å². The monoisotopic (exact) mass is 242 g/mol. The Hall–Kier alpha value is -1.70. The molecular weight excluding hydrogens is 228 g/mol. The van der Waals surface area contributed by atoms with Gasteiger partial charge in [0.05, 0.1) is 18.1 Å². The Morgan fingerprint density at radius 2 is 2.18 bits per heavy atom. The van der Waals surface area contributed by atoms with E-state index < -0.39 is 17.1 Å². The Labute approximate surface area is 97.6 Å². The van der Waals surface area contributed by atoms with Gasteiger partial charge in [-0.05, 0) is 6.07 Å². The van der Waals surface area contributed by atoms with Crippen molar-refractivity contribution >= 4 is 5.69 Å². The van der Waals surface area contributed by atoms with E-state index in [1.165, 1.54) is 19.2 Å². The maximum absolute atomic E-state index is 10.6. The van der Waals surface area contributed by atoms with E-state index in [1.807, 2.05) is 0 Å². The molecule has 0 spiro atoms. The number of hydrogen-bond donors (Lipinski definition) is 3. The van der Waals surface area contributed by atoms with Gasteiger partial charge in [0.15, 0.2) is 0 Å². The second kappa shape index (κ2) is 5.58. The standard InChI is InChI=1S/C10H14N2O5/c1-17-9-3-2-6(12(15)16)4-7(9)10(14)8(13)5-11/h2-4,8,10,13-14H,5,11H2,1H3. The number of aliphatic hydroxyl groups excluding tert-OH is 2. The maximum Gasteiger partial charge on any atom is 0.270 e. The topological polar surface area (TPSA) is 119 Å². The molecule has 7 nitrogen and oxygen atoms in total. The van der Waals surface area contributed by atoms with E-state index in [-0.39, 0.29) is 23.5 Å². The van der Waals surface area contributed by atoms with Gasteiger partial charge in [0.25, 0.3) is 5.69 Å². The van der Waals surface area contributed by atoms with E-state index >= 15 is 0 Å². The van der Waals surface area contributed by atoms with Crippen molar-refractivity contribution in [2.24, 2.45) is 5.73 Å². The van der Waals surface area contributed by atoms with Gasteiger partial charge < -0.3 is 20.7 Å². The third kappa shape index (κ3) is 2.90. The van der Waals surface area contributed by atoms with Crippen LogP contribution in [0.2, 0.25) is 0 Å². The summed E-state index contributed by atoms with van der Waals surface area (Å²) in [7, 11) is 1.37. The summed E-state index contributed by atoms with van der Waals surface area (Å²) in [6.07, 6.45) is -2.53. The van der Waals surface area contributed by atoms with Gasteiger partial charge in [0.2, 0.25) is 0 Å². The van der Waals surface area contributed by atoms with Crippen molar-refractivity contribution in [2.45, 2.75) is 12.2 Å². The zero-order valence-electron chi connectivity index (χ0n) is 9.24. The van der Waals surface area contributed by atoms with Crippen LogP contribution in [0.25, 0.3) is 0 Å². The average molecular weight is 242 g/mol. The Morgan fingerprint density at radius 1 is 1.53 bits per heavy atom. The molecule has 0 aliphatic carbocycles. The largest absolute Gasteiger partial charge is 0.496 e. The molecular formula is C10H14N2O5. The molecule has 0 bridgehead atoms. The van der Waals surface area contributed by atoms with Gasteiger partial charge in [-0.15, -0.1) is 0 Å². The molecule has 0 amide bonds. The summed E-state index contributed by atoms with van der Waals surface area (Å²) in [5, 5.41) is 29.8. The molecule has 0 aromatic heterocycles. The van der Waals surface area contributed by atoms with Crippen LogP contribution in [-0.4, -0.2) is 34.9 Å².